The molecule has 1 N–H and O–H groups in total. The van der Waals surface area contributed by atoms with Gasteiger partial charge < -0.3 is 9.84 Å². The third-order valence-electron chi connectivity index (χ3n) is 3.90. The van der Waals surface area contributed by atoms with E-state index < -0.39 is 5.97 Å². The molecule has 0 saturated heterocycles. The van der Waals surface area contributed by atoms with Crippen molar-refractivity contribution in [3.05, 3.63) is 72.3 Å². The Morgan fingerprint density at radius 2 is 1.88 bits per heavy atom. The maximum atomic E-state index is 11.7. The second-order valence-electron chi connectivity index (χ2n) is 5.45. The minimum atomic E-state index is -0.989. The predicted octanol–water partition coefficient (Wildman–Crippen LogP) is 4.16. The van der Waals surface area contributed by atoms with Gasteiger partial charge in [0, 0.05) is 23.8 Å². The lowest BCUT2D eigenvalue weighted by Gasteiger charge is -2.10. The highest BCUT2D eigenvalue weighted by Gasteiger charge is 2.22. The van der Waals surface area contributed by atoms with E-state index >= 15 is 0 Å². The first-order valence-corrected chi connectivity index (χ1v) is 7.77. The van der Waals surface area contributed by atoms with Crippen LogP contribution in [0.2, 0.25) is 0 Å². The van der Waals surface area contributed by atoms with E-state index in [9.17, 15) is 9.90 Å². The number of benzene rings is 2. The lowest BCUT2D eigenvalue weighted by atomic mass is 9.98. The summed E-state index contributed by atoms with van der Waals surface area (Å²) in [6, 6.07) is 16.6. The molecular weight excluding hydrogens is 316 g/mol. The molecule has 1 aromatic heterocycles. The van der Waals surface area contributed by atoms with Crippen molar-refractivity contribution in [1.82, 2.24) is 9.78 Å². The highest BCUT2D eigenvalue weighted by Crippen LogP contribution is 2.35. The monoisotopic (exact) mass is 334 g/mol. The van der Waals surface area contributed by atoms with Crippen LogP contribution in [0.5, 0.6) is 0 Å². The molecule has 0 aliphatic heterocycles. The van der Waals surface area contributed by atoms with E-state index in [1.807, 2.05) is 30.3 Å². The average molecular weight is 334 g/mol. The summed E-state index contributed by atoms with van der Waals surface area (Å²) in [5.41, 5.74) is 3.91. The SMILES string of the molecule is C=Cc1c(-c2ccccc2)nn(COC)c1-c1ccccc1C(=O)O. The molecule has 3 aromatic rings. The number of carboxylic acid groups (broad SMARTS) is 1. The van der Waals surface area contributed by atoms with E-state index in [-0.39, 0.29) is 12.3 Å². The summed E-state index contributed by atoms with van der Waals surface area (Å²) in [5.74, 6) is -0.989. The van der Waals surface area contributed by atoms with Crippen molar-refractivity contribution in [2.24, 2.45) is 0 Å². The Bertz CT molecular complexity index is 914. The molecule has 0 atom stereocenters. The van der Waals surface area contributed by atoms with Gasteiger partial charge in [0.05, 0.1) is 11.3 Å². The molecule has 5 nitrogen and oxygen atoms in total. The van der Waals surface area contributed by atoms with Crippen molar-refractivity contribution in [2.75, 3.05) is 7.11 Å². The zero-order chi connectivity index (χ0) is 17.8. The van der Waals surface area contributed by atoms with Crippen molar-refractivity contribution in [1.29, 1.82) is 0 Å². The first-order chi connectivity index (χ1) is 12.2. The molecule has 0 spiro atoms. The standard InChI is InChI=1S/C20H18N2O3/c1-3-15-18(14-9-5-4-6-10-14)21-22(13-25-2)19(15)16-11-7-8-12-17(16)20(23)24/h3-12H,1,13H2,2H3,(H,23,24). The summed E-state index contributed by atoms with van der Waals surface area (Å²) in [6.45, 7) is 4.11. The largest absolute Gasteiger partial charge is 0.478 e. The van der Waals surface area contributed by atoms with Crippen LogP contribution in [0, 0.1) is 0 Å². The van der Waals surface area contributed by atoms with Gasteiger partial charge in [-0.25, -0.2) is 9.48 Å². The second-order valence-corrected chi connectivity index (χ2v) is 5.45. The number of carbonyl (C=O) groups is 1. The van der Waals surface area contributed by atoms with Crippen LogP contribution < -0.4 is 0 Å². The Labute approximate surface area is 145 Å². The first-order valence-electron chi connectivity index (χ1n) is 7.77. The van der Waals surface area contributed by atoms with Crippen molar-refractivity contribution in [3.8, 4) is 22.5 Å². The number of hydrogen-bond acceptors (Lipinski definition) is 3. The number of ether oxygens (including phenoxy) is 1. The lowest BCUT2D eigenvalue weighted by Crippen LogP contribution is -2.07. The summed E-state index contributed by atoms with van der Waals surface area (Å²) in [7, 11) is 1.57. The van der Waals surface area contributed by atoms with Crippen molar-refractivity contribution >= 4 is 12.0 Å². The molecule has 5 heteroatoms. The molecule has 1 heterocycles. The fourth-order valence-electron chi connectivity index (χ4n) is 2.85. The highest BCUT2D eigenvalue weighted by atomic mass is 16.5. The molecular formula is C20H18N2O3. The molecule has 0 unspecified atom stereocenters. The fraction of sp³-hybridized carbons (Fsp3) is 0.100. The van der Waals surface area contributed by atoms with E-state index in [1.54, 1.807) is 42.1 Å². The van der Waals surface area contributed by atoms with Crippen LogP contribution in [0.1, 0.15) is 15.9 Å². The zero-order valence-corrected chi connectivity index (χ0v) is 13.8. The van der Waals surface area contributed by atoms with Gasteiger partial charge in [0.2, 0.25) is 0 Å². The zero-order valence-electron chi connectivity index (χ0n) is 13.8. The number of methoxy groups -OCH3 is 1. The molecule has 0 saturated carbocycles. The van der Waals surface area contributed by atoms with Crippen LogP contribution in [0.3, 0.4) is 0 Å². The molecule has 2 aromatic carbocycles. The normalized spacial score (nSPS) is 10.6. The fourth-order valence-corrected chi connectivity index (χ4v) is 2.85. The van der Waals surface area contributed by atoms with Crippen LogP contribution in [0.25, 0.3) is 28.6 Å². The van der Waals surface area contributed by atoms with Crippen LogP contribution in [-0.2, 0) is 11.5 Å². The van der Waals surface area contributed by atoms with Gasteiger partial charge in [-0.05, 0) is 6.07 Å². The van der Waals surface area contributed by atoms with Crippen molar-refractivity contribution in [3.63, 3.8) is 0 Å². The van der Waals surface area contributed by atoms with Crippen molar-refractivity contribution < 1.29 is 14.6 Å². The average Bonchev–Trinajstić information content (AvgIpc) is 3.01. The van der Waals surface area contributed by atoms with Crippen LogP contribution >= 0.6 is 0 Å². The number of carboxylic acids is 1. The summed E-state index contributed by atoms with van der Waals surface area (Å²) in [4.78, 5) is 11.7. The maximum Gasteiger partial charge on any atom is 0.336 e. The molecule has 0 radical (unpaired) electrons. The predicted molar refractivity (Wildman–Crippen MR) is 97.2 cm³/mol. The quantitative estimate of drug-likeness (QED) is 0.735. The molecule has 0 bridgehead atoms. The van der Waals surface area contributed by atoms with Gasteiger partial charge in [0.25, 0.3) is 0 Å². The van der Waals surface area contributed by atoms with Gasteiger partial charge in [0.1, 0.15) is 12.4 Å². The maximum absolute atomic E-state index is 11.7. The summed E-state index contributed by atoms with van der Waals surface area (Å²) >= 11 is 0. The van der Waals surface area contributed by atoms with Gasteiger partial charge in [-0.1, -0.05) is 61.2 Å². The van der Waals surface area contributed by atoms with Gasteiger partial charge in [0.15, 0.2) is 0 Å². The summed E-state index contributed by atoms with van der Waals surface area (Å²) in [6.07, 6.45) is 1.70. The Kier molecular flexibility index (Phi) is 4.77. The minimum Gasteiger partial charge on any atom is -0.478 e. The third-order valence-corrected chi connectivity index (χ3v) is 3.90. The second kappa shape index (κ2) is 7.15. The van der Waals surface area contributed by atoms with Gasteiger partial charge in [-0.15, -0.1) is 0 Å². The summed E-state index contributed by atoms with van der Waals surface area (Å²) in [5, 5.41) is 14.2. The lowest BCUT2D eigenvalue weighted by molar-refractivity contribution is 0.0697. The van der Waals surface area contributed by atoms with E-state index in [1.165, 1.54) is 0 Å². The Morgan fingerprint density at radius 3 is 2.52 bits per heavy atom. The van der Waals surface area contributed by atoms with E-state index in [2.05, 4.69) is 11.7 Å². The number of hydrogen-bond donors (Lipinski definition) is 1. The number of aromatic nitrogens is 2. The number of rotatable bonds is 6. The number of nitrogens with zero attached hydrogens (tertiary/aromatic N) is 2. The van der Waals surface area contributed by atoms with E-state index in [4.69, 9.17) is 4.74 Å². The highest BCUT2D eigenvalue weighted by molar-refractivity contribution is 5.97. The Morgan fingerprint density at radius 1 is 1.20 bits per heavy atom. The van der Waals surface area contributed by atoms with E-state index in [0.29, 0.717) is 11.3 Å². The molecule has 0 aliphatic rings. The van der Waals surface area contributed by atoms with Gasteiger partial charge in [-0.2, -0.15) is 5.10 Å². The molecule has 126 valence electrons. The Balaban J connectivity index is 2.31. The van der Waals surface area contributed by atoms with Crippen LogP contribution in [-0.4, -0.2) is 28.0 Å². The molecule has 0 amide bonds. The van der Waals surface area contributed by atoms with Crippen LogP contribution in [0.4, 0.5) is 0 Å². The topological polar surface area (TPSA) is 64.4 Å². The van der Waals surface area contributed by atoms with Crippen LogP contribution in [0.15, 0.2) is 61.2 Å². The minimum absolute atomic E-state index is 0.205. The smallest absolute Gasteiger partial charge is 0.336 e. The third kappa shape index (κ3) is 3.09. The molecule has 0 fully saturated rings. The molecule has 3 rings (SSSR count). The summed E-state index contributed by atoms with van der Waals surface area (Å²) < 4.78 is 6.93. The first kappa shape index (κ1) is 16.7. The van der Waals surface area contributed by atoms with E-state index in [0.717, 1.165) is 16.8 Å². The molecule has 25 heavy (non-hydrogen) atoms. The molecule has 0 aliphatic carbocycles. The number of aromatic carboxylic acids is 1. The van der Waals surface area contributed by atoms with Gasteiger partial charge in [-0.3, -0.25) is 0 Å². The Hall–Kier alpha value is -3.18. The van der Waals surface area contributed by atoms with Gasteiger partial charge >= 0.3 is 5.97 Å². The van der Waals surface area contributed by atoms with Crippen molar-refractivity contribution in [2.45, 2.75) is 6.73 Å².